The Balaban J connectivity index is 1.92. The van der Waals surface area contributed by atoms with Crippen molar-refractivity contribution in [3.05, 3.63) is 103 Å². The van der Waals surface area contributed by atoms with Gasteiger partial charge in [0.1, 0.15) is 10.7 Å². The Morgan fingerprint density at radius 1 is 0.966 bits per heavy atom. The second kappa shape index (κ2) is 7.46. The van der Waals surface area contributed by atoms with Gasteiger partial charge in [-0.15, -0.1) is 0 Å². The van der Waals surface area contributed by atoms with E-state index in [0.717, 1.165) is 16.1 Å². The molecule has 0 saturated carbocycles. The van der Waals surface area contributed by atoms with Crippen LogP contribution in [0.4, 0.5) is 5.69 Å². The summed E-state index contributed by atoms with van der Waals surface area (Å²) < 4.78 is 33.6. The number of hydrogen-bond acceptors (Lipinski definition) is 5. The largest absolute Gasteiger partial charge is 0.454 e. The molecule has 6 nitrogen and oxygen atoms in total. The number of ether oxygens (including phenoxy) is 1. The number of rotatable bonds is 4. The Kier molecular flexibility index (Phi) is 4.97. The molecule has 8 heteroatoms. The molecule has 3 aromatic rings. The zero-order chi connectivity index (χ0) is 20.6. The summed E-state index contributed by atoms with van der Waals surface area (Å²) in [6.45, 7) is 0. The lowest BCUT2D eigenvalue weighted by atomic mass is 10.1. The quantitative estimate of drug-likeness (QED) is 0.388. The zero-order valence-corrected chi connectivity index (χ0v) is 17.3. The van der Waals surface area contributed by atoms with Crippen molar-refractivity contribution in [1.29, 1.82) is 0 Å². The van der Waals surface area contributed by atoms with Gasteiger partial charge in [-0.3, -0.25) is 10.1 Å². The van der Waals surface area contributed by atoms with Gasteiger partial charge in [0.25, 0.3) is 5.69 Å². The summed E-state index contributed by atoms with van der Waals surface area (Å²) in [5.74, 6) is 0.128. The van der Waals surface area contributed by atoms with Gasteiger partial charge < -0.3 is 4.74 Å². The predicted molar refractivity (Wildman–Crippen MR) is 112 cm³/mol. The number of sulfone groups is 1. The van der Waals surface area contributed by atoms with Crippen LogP contribution in [0.15, 0.2) is 87.1 Å². The van der Waals surface area contributed by atoms with Crippen LogP contribution in [0, 0.1) is 10.1 Å². The van der Waals surface area contributed by atoms with Crippen molar-refractivity contribution in [1.82, 2.24) is 0 Å². The van der Waals surface area contributed by atoms with E-state index in [1.54, 1.807) is 24.3 Å². The summed E-state index contributed by atoms with van der Waals surface area (Å²) in [5.41, 5.74) is 1.15. The number of hydrogen-bond donors (Lipinski definition) is 0. The first-order valence-corrected chi connectivity index (χ1v) is 10.9. The highest BCUT2D eigenvalue weighted by molar-refractivity contribution is 9.10. The van der Waals surface area contributed by atoms with Crippen molar-refractivity contribution in [3.8, 4) is 5.75 Å². The smallest absolute Gasteiger partial charge is 0.273 e. The van der Waals surface area contributed by atoms with Crippen LogP contribution >= 0.6 is 15.9 Å². The molecule has 0 fully saturated rings. The first-order chi connectivity index (χ1) is 13.9. The van der Waals surface area contributed by atoms with Crippen molar-refractivity contribution < 1.29 is 18.1 Å². The third kappa shape index (κ3) is 3.68. The van der Waals surface area contributed by atoms with Crippen molar-refractivity contribution in [2.45, 2.75) is 11.3 Å². The molecule has 1 heterocycles. The van der Waals surface area contributed by atoms with Crippen LogP contribution < -0.4 is 4.74 Å². The van der Waals surface area contributed by atoms with E-state index >= 15 is 0 Å². The summed E-state index contributed by atoms with van der Waals surface area (Å²) in [6, 6.07) is 19.8. The number of non-ortho nitro benzene ring substituents is 1. The molecular weight excluding hydrogens is 458 g/mol. The van der Waals surface area contributed by atoms with Gasteiger partial charge >= 0.3 is 0 Å². The van der Waals surface area contributed by atoms with Gasteiger partial charge in [0.2, 0.25) is 9.84 Å². The maximum absolute atomic E-state index is 13.4. The number of allylic oxidation sites excluding steroid dienone is 1. The number of nitro benzene ring substituents is 1. The third-order valence-electron chi connectivity index (χ3n) is 4.53. The lowest BCUT2D eigenvalue weighted by Gasteiger charge is -2.24. The first-order valence-electron chi connectivity index (χ1n) is 8.60. The van der Waals surface area contributed by atoms with Gasteiger partial charge in [-0.25, -0.2) is 8.42 Å². The van der Waals surface area contributed by atoms with Gasteiger partial charge in [-0.1, -0.05) is 58.4 Å². The van der Waals surface area contributed by atoms with Crippen LogP contribution in [0.1, 0.15) is 11.1 Å². The minimum Gasteiger partial charge on any atom is -0.454 e. The molecule has 1 aliphatic heterocycles. The summed E-state index contributed by atoms with van der Waals surface area (Å²) in [5, 5.41) is 11.1. The molecule has 0 amide bonds. The molecule has 0 atom stereocenters. The molecule has 0 N–H and O–H groups in total. The summed E-state index contributed by atoms with van der Waals surface area (Å²) >= 11 is 3.36. The number of nitro groups is 1. The highest BCUT2D eigenvalue weighted by atomic mass is 79.9. The van der Waals surface area contributed by atoms with E-state index in [1.807, 2.05) is 30.3 Å². The number of benzene rings is 3. The molecule has 4 rings (SSSR count). The first kappa shape index (κ1) is 19.4. The lowest BCUT2D eigenvalue weighted by molar-refractivity contribution is -0.385. The van der Waals surface area contributed by atoms with E-state index < -0.39 is 14.8 Å². The average Bonchev–Trinajstić information content (AvgIpc) is 2.71. The summed E-state index contributed by atoms with van der Waals surface area (Å²) in [4.78, 5) is 10.6. The maximum atomic E-state index is 13.4. The SMILES string of the molecule is O=[N+]([O-])c1ccc2c(c1)OC(c1ccc(Br)cc1)=C(Cc1ccccc1)S2(=O)=O. The highest BCUT2D eigenvalue weighted by Gasteiger charge is 2.35. The normalized spacial score (nSPS) is 14.8. The minimum absolute atomic E-state index is 0.0473. The molecule has 1 aliphatic rings. The number of nitrogens with zero attached hydrogens (tertiary/aromatic N) is 1. The molecule has 29 heavy (non-hydrogen) atoms. The van der Waals surface area contributed by atoms with E-state index in [1.165, 1.54) is 12.1 Å². The van der Waals surface area contributed by atoms with Crippen molar-refractivity contribution in [3.63, 3.8) is 0 Å². The zero-order valence-electron chi connectivity index (χ0n) is 14.9. The molecule has 0 saturated heterocycles. The van der Waals surface area contributed by atoms with E-state index in [2.05, 4.69) is 15.9 Å². The van der Waals surface area contributed by atoms with Gasteiger partial charge in [0.05, 0.1) is 15.9 Å². The Hall–Kier alpha value is -2.97. The fraction of sp³-hybridized carbons (Fsp3) is 0.0476. The summed E-state index contributed by atoms with van der Waals surface area (Å²) in [6.07, 6.45) is 0.144. The molecule has 0 aromatic heterocycles. The van der Waals surface area contributed by atoms with Crippen molar-refractivity contribution in [2.75, 3.05) is 0 Å². The molecule has 3 aromatic carbocycles. The lowest BCUT2D eigenvalue weighted by Crippen LogP contribution is -2.18. The van der Waals surface area contributed by atoms with Crippen LogP contribution in [0.2, 0.25) is 0 Å². The van der Waals surface area contributed by atoms with Gasteiger partial charge in [0.15, 0.2) is 5.75 Å². The Morgan fingerprint density at radius 2 is 1.66 bits per heavy atom. The van der Waals surface area contributed by atoms with Crippen LogP contribution in [0.25, 0.3) is 5.76 Å². The number of halogens is 1. The minimum atomic E-state index is -3.91. The van der Waals surface area contributed by atoms with Crippen molar-refractivity contribution >= 4 is 37.2 Å². The van der Waals surface area contributed by atoms with Crippen LogP contribution in [-0.4, -0.2) is 13.3 Å². The van der Waals surface area contributed by atoms with E-state index in [9.17, 15) is 18.5 Å². The monoisotopic (exact) mass is 471 g/mol. The molecule has 0 spiro atoms. The van der Waals surface area contributed by atoms with Gasteiger partial charge in [-0.05, 0) is 23.8 Å². The van der Waals surface area contributed by atoms with E-state index in [0.29, 0.717) is 5.56 Å². The van der Waals surface area contributed by atoms with Crippen molar-refractivity contribution in [2.24, 2.45) is 0 Å². The highest BCUT2D eigenvalue weighted by Crippen LogP contribution is 2.42. The Bertz CT molecular complexity index is 1240. The molecular formula is C21H14BrNO5S. The van der Waals surface area contributed by atoms with E-state index in [4.69, 9.17) is 4.74 Å². The molecule has 146 valence electrons. The third-order valence-corrected chi connectivity index (χ3v) is 6.95. The Labute approximate surface area is 175 Å². The molecule has 0 radical (unpaired) electrons. The maximum Gasteiger partial charge on any atom is 0.273 e. The molecule has 0 unspecified atom stereocenters. The van der Waals surface area contributed by atoms with Crippen LogP contribution in [0.3, 0.4) is 0 Å². The second-order valence-electron chi connectivity index (χ2n) is 6.42. The standard InChI is InChI=1S/C21H14BrNO5S/c22-16-8-6-15(7-9-16)21-20(12-14-4-2-1-3-5-14)29(26,27)19-11-10-17(23(24)25)13-18(19)28-21/h1-11,13H,12H2. The van der Waals surface area contributed by atoms with Crippen LogP contribution in [-0.2, 0) is 16.3 Å². The Morgan fingerprint density at radius 3 is 2.31 bits per heavy atom. The second-order valence-corrected chi connectivity index (χ2v) is 9.27. The molecule has 0 aliphatic carbocycles. The predicted octanol–water partition coefficient (Wildman–Crippen LogP) is 5.13. The van der Waals surface area contributed by atoms with Gasteiger partial charge in [-0.2, -0.15) is 0 Å². The summed E-state index contributed by atoms with van der Waals surface area (Å²) in [7, 11) is -3.91. The molecule has 0 bridgehead atoms. The van der Waals surface area contributed by atoms with Gasteiger partial charge in [0, 0.05) is 22.5 Å². The van der Waals surface area contributed by atoms with E-state index in [-0.39, 0.29) is 33.4 Å². The topological polar surface area (TPSA) is 86.5 Å². The fourth-order valence-corrected chi connectivity index (χ4v) is 5.01. The average molecular weight is 472 g/mol. The van der Waals surface area contributed by atoms with Crippen LogP contribution in [0.5, 0.6) is 5.75 Å². The number of fused-ring (bicyclic) bond motifs is 1. The fourth-order valence-electron chi connectivity index (χ4n) is 3.11.